The molecule has 1 aliphatic rings. The highest BCUT2D eigenvalue weighted by Gasteiger charge is 2.23. The van der Waals surface area contributed by atoms with Crippen molar-refractivity contribution >= 4 is 0 Å². The SMILES string of the molecule is CN[C@H]1CCCN([C@H](C)c2cnccn2)C1. The van der Waals surface area contributed by atoms with Gasteiger partial charge in [0.05, 0.1) is 11.7 Å². The van der Waals surface area contributed by atoms with Gasteiger partial charge in [0.1, 0.15) is 0 Å². The first-order valence-electron chi connectivity index (χ1n) is 5.98. The summed E-state index contributed by atoms with van der Waals surface area (Å²) in [6, 6.07) is 0.984. The lowest BCUT2D eigenvalue weighted by atomic mass is 10.0. The van der Waals surface area contributed by atoms with E-state index in [1.165, 1.54) is 12.8 Å². The molecule has 1 fully saturated rings. The number of likely N-dealkylation sites (N-methyl/N-ethyl adjacent to an activating group) is 1. The summed E-state index contributed by atoms with van der Waals surface area (Å²) in [5.41, 5.74) is 1.07. The van der Waals surface area contributed by atoms with Crippen molar-refractivity contribution < 1.29 is 0 Å². The number of rotatable bonds is 3. The molecule has 1 aliphatic heterocycles. The molecule has 1 N–H and O–H groups in total. The second-order valence-electron chi connectivity index (χ2n) is 4.43. The minimum absolute atomic E-state index is 0.366. The molecule has 0 radical (unpaired) electrons. The lowest BCUT2D eigenvalue weighted by Crippen LogP contribution is -2.45. The molecule has 0 aliphatic carbocycles. The van der Waals surface area contributed by atoms with Crippen molar-refractivity contribution in [2.75, 3.05) is 20.1 Å². The van der Waals surface area contributed by atoms with E-state index in [0.29, 0.717) is 12.1 Å². The molecule has 1 saturated heterocycles. The van der Waals surface area contributed by atoms with Crippen LogP contribution in [0.5, 0.6) is 0 Å². The van der Waals surface area contributed by atoms with E-state index >= 15 is 0 Å². The number of piperidine rings is 1. The van der Waals surface area contributed by atoms with Crippen molar-refractivity contribution in [3.8, 4) is 0 Å². The highest BCUT2D eigenvalue weighted by atomic mass is 15.2. The van der Waals surface area contributed by atoms with Gasteiger partial charge >= 0.3 is 0 Å². The zero-order valence-corrected chi connectivity index (χ0v) is 10.1. The summed E-state index contributed by atoms with van der Waals surface area (Å²) in [7, 11) is 2.04. The highest BCUT2D eigenvalue weighted by molar-refractivity contribution is 5.02. The van der Waals surface area contributed by atoms with Gasteiger partial charge in [-0.15, -0.1) is 0 Å². The lowest BCUT2D eigenvalue weighted by molar-refractivity contribution is 0.146. The molecular weight excluding hydrogens is 200 g/mol. The molecule has 0 bridgehead atoms. The van der Waals surface area contributed by atoms with Crippen LogP contribution in [0.3, 0.4) is 0 Å². The first-order chi connectivity index (χ1) is 7.81. The third kappa shape index (κ3) is 2.57. The molecule has 1 aromatic rings. The standard InChI is InChI=1S/C12H20N4/c1-10(12-8-14-5-6-15-12)16-7-3-4-11(9-16)13-2/h5-6,8,10-11,13H,3-4,7,9H2,1-2H3/t10-,11+/m1/s1. The molecule has 2 rings (SSSR count). The quantitative estimate of drug-likeness (QED) is 0.831. The number of hydrogen-bond donors (Lipinski definition) is 1. The van der Waals surface area contributed by atoms with Crippen LogP contribution in [0.4, 0.5) is 0 Å². The van der Waals surface area contributed by atoms with Gasteiger partial charge in [0.25, 0.3) is 0 Å². The minimum Gasteiger partial charge on any atom is -0.316 e. The molecular formula is C12H20N4. The van der Waals surface area contributed by atoms with Crippen LogP contribution in [0.1, 0.15) is 31.5 Å². The second-order valence-corrected chi connectivity index (χ2v) is 4.43. The Balaban J connectivity index is 2.01. The number of aromatic nitrogens is 2. The van der Waals surface area contributed by atoms with Crippen LogP contribution >= 0.6 is 0 Å². The monoisotopic (exact) mass is 220 g/mol. The fourth-order valence-corrected chi connectivity index (χ4v) is 2.31. The Morgan fingerprint density at radius 3 is 3.06 bits per heavy atom. The molecule has 1 aromatic heterocycles. The summed E-state index contributed by atoms with van der Waals surface area (Å²) < 4.78 is 0. The van der Waals surface area contributed by atoms with Crippen LogP contribution in [-0.2, 0) is 0 Å². The van der Waals surface area contributed by atoms with Crippen molar-refractivity contribution in [2.45, 2.75) is 31.8 Å². The van der Waals surface area contributed by atoms with Gasteiger partial charge in [0.15, 0.2) is 0 Å². The van der Waals surface area contributed by atoms with E-state index in [1.807, 2.05) is 13.2 Å². The van der Waals surface area contributed by atoms with Crippen molar-refractivity contribution in [3.05, 3.63) is 24.3 Å². The Bertz CT molecular complexity index is 314. The third-order valence-corrected chi connectivity index (χ3v) is 3.42. The van der Waals surface area contributed by atoms with Crippen LogP contribution in [0.25, 0.3) is 0 Å². The normalized spacial score (nSPS) is 24.2. The molecule has 0 spiro atoms. The van der Waals surface area contributed by atoms with E-state index in [9.17, 15) is 0 Å². The number of nitrogens with zero attached hydrogens (tertiary/aromatic N) is 3. The second kappa shape index (κ2) is 5.37. The molecule has 0 aromatic carbocycles. The van der Waals surface area contributed by atoms with Crippen LogP contribution in [0, 0.1) is 0 Å². The van der Waals surface area contributed by atoms with Gasteiger partial charge in [-0.1, -0.05) is 0 Å². The number of likely N-dealkylation sites (tertiary alicyclic amines) is 1. The molecule has 0 unspecified atom stereocenters. The van der Waals surface area contributed by atoms with Crippen LogP contribution in [-0.4, -0.2) is 41.0 Å². The molecule has 2 atom stereocenters. The Morgan fingerprint density at radius 1 is 1.50 bits per heavy atom. The van der Waals surface area contributed by atoms with Crippen molar-refractivity contribution in [1.29, 1.82) is 0 Å². The van der Waals surface area contributed by atoms with Crippen molar-refractivity contribution in [1.82, 2.24) is 20.2 Å². The topological polar surface area (TPSA) is 41.0 Å². The average Bonchev–Trinajstić information content (AvgIpc) is 2.39. The fourth-order valence-electron chi connectivity index (χ4n) is 2.31. The fraction of sp³-hybridized carbons (Fsp3) is 0.667. The molecule has 4 nitrogen and oxygen atoms in total. The van der Waals surface area contributed by atoms with Crippen LogP contribution < -0.4 is 5.32 Å². The van der Waals surface area contributed by atoms with E-state index in [4.69, 9.17) is 0 Å². The van der Waals surface area contributed by atoms with Crippen molar-refractivity contribution in [3.63, 3.8) is 0 Å². The average molecular weight is 220 g/mol. The summed E-state index contributed by atoms with van der Waals surface area (Å²) in [6.45, 7) is 4.48. The summed E-state index contributed by atoms with van der Waals surface area (Å²) in [6.07, 6.45) is 7.90. The van der Waals surface area contributed by atoms with E-state index in [-0.39, 0.29) is 0 Å². The minimum atomic E-state index is 0.366. The highest BCUT2D eigenvalue weighted by Crippen LogP contribution is 2.21. The predicted octanol–water partition coefficient (Wildman–Crippen LogP) is 1.22. The molecule has 4 heteroatoms. The first-order valence-corrected chi connectivity index (χ1v) is 5.98. The molecule has 0 saturated carbocycles. The summed E-state index contributed by atoms with van der Waals surface area (Å²) in [5.74, 6) is 0. The van der Waals surface area contributed by atoms with Gasteiger partial charge in [-0.3, -0.25) is 14.9 Å². The Hall–Kier alpha value is -1.00. The van der Waals surface area contributed by atoms with Gasteiger partial charge in [-0.2, -0.15) is 0 Å². The number of nitrogens with one attached hydrogen (secondary N) is 1. The molecule has 2 heterocycles. The van der Waals surface area contributed by atoms with Gasteiger partial charge in [-0.05, 0) is 33.4 Å². The zero-order chi connectivity index (χ0) is 11.4. The van der Waals surface area contributed by atoms with Crippen LogP contribution in [0.2, 0.25) is 0 Å². The Kier molecular flexibility index (Phi) is 3.85. The lowest BCUT2D eigenvalue weighted by Gasteiger charge is -2.36. The van der Waals surface area contributed by atoms with Gasteiger partial charge < -0.3 is 5.32 Å². The Labute approximate surface area is 97.1 Å². The largest absolute Gasteiger partial charge is 0.316 e. The molecule has 16 heavy (non-hydrogen) atoms. The summed E-state index contributed by atoms with van der Waals surface area (Å²) in [5, 5.41) is 3.36. The summed E-state index contributed by atoms with van der Waals surface area (Å²) >= 11 is 0. The third-order valence-electron chi connectivity index (χ3n) is 3.42. The van der Waals surface area contributed by atoms with E-state index in [0.717, 1.165) is 18.8 Å². The van der Waals surface area contributed by atoms with Crippen molar-refractivity contribution in [2.24, 2.45) is 0 Å². The zero-order valence-electron chi connectivity index (χ0n) is 10.1. The van der Waals surface area contributed by atoms with E-state index in [1.54, 1.807) is 12.4 Å². The first kappa shape index (κ1) is 11.5. The maximum Gasteiger partial charge on any atom is 0.0755 e. The summed E-state index contributed by atoms with van der Waals surface area (Å²) in [4.78, 5) is 11.0. The maximum atomic E-state index is 4.38. The molecule has 0 amide bonds. The van der Waals surface area contributed by atoms with E-state index in [2.05, 4.69) is 27.1 Å². The Morgan fingerprint density at radius 2 is 2.38 bits per heavy atom. The van der Waals surface area contributed by atoms with Gasteiger partial charge in [-0.25, -0.2) is 0 Å². The predicted molar refractivity (Wildman–Crippen MR) is 64.1 cm³/mol. The smallest absolute Gasteiger partial charge is 0.0755 e. The van der Waals surface area contributed by atoms with Crippen LogP contribution in [0.15, 0.2) is 18.6 Å². The van der Waals surface area contributed by atoms with E-state index < -0.39 is 0 Å². The van der Waals surface area contributed by atoms with Gasteiger partial charge in [0.2, 0.25) is 0 Å². The maximum absolute atomic E-state index is 4.38. The van der Waals surface area contributed by atoms with Gasteiger partial charge in [0, 0.05) is 31.2 Å². The molecule has 88 valence electrons. The number of hydrogen-bond acceptors (Lipinski definition) is 4.